The molecule has 4 rings (SSSR count). The van der Waals surface area contributed by atoms with Gasteiger partial charge in [0.25, 0.3) is 0 Å². The largest absolute Gasteiger partial charge is 0.497 e. The van der Waals surface area contributed by atoms with E-state index in [9.17, 15) is 4.79 Å². The molecule has 1 heterocycles. The van der Waals surface area contributed by atoms with E-state index in [0.717, 1.165) is 60.8 Å². The molecule has 1 aromatic heterocycles. The van der Waals surface area contributed by atoms with E-state index in [1.165, 1.54) is 6.92 Å². The van der Waals surface area contributed by atoms with Crippen LogP contribution in [-0.2, 0) is 11.2 Å². The van der Waals surface area contributed by atoms with Gasteiger partial charge in [0.05, 0.1) is 25.1 Å². The summed E-state index contributed by atoms with van der Waals surface area (Å²) in [6, 6.07) is 21.6. The molecule has 9 heteroatoms. The highest BCUT2D eigenvalue weighted by atomic mass is 79.9. The number of nitrogens with zero attached hydrogens (tertiary/aromatic N) is 3. The summed E-state index contributed by atoms with van der Waals surface area (Å²) in [5, 5.41) is 13.1. The topological polar surface area (TPSA) is 88.5 Å². The van der Waals surface area contributed by atoms with Gasteiger partial charge in [-0.15, -0.1) is 0 Å². The number of aryl methyl sites for hydroxylation is 1. The van der Waals surface area contributed by atoms with Gasteiger partial charge >= 0.3 is 0 Å². The van der Waals surface area contributed by atoms with Crippen molar-refractivity contribution in [3.63, 3.8) is 0 Å². The van der Waals surface area contributed by atoms with Crippen molar-refractivity contribution in [1.29, 1.82) is 0 Å². The molecule has 0 aliphatic carbocycles. The van der Waals surface area contributed by atoms with Crippen LogP contribution < -0.4 is 10.1 Å². The number of carbonyl (C=O) groups excluding carboxylic acids is 1. The average Bonchev–Trinajstić information content (AvgIpc) is 3.39. The monoisotopic (exact) mass is 678 g/mol. The number of ether oxygens (including phenoxy) is 1. The average molecular weight is 680 g/mol. The molecule has 0 unspecified atom stereocenters. The molecule has 0 atom stereocenters. The normalized spacial score (nSPS) is 12.3. The number of fused-ring (bicyclic) bond motifs is 1. The Hall–Kier alpha value is -3.75. The van der Waals surface area contributed by atoms with E-state index in [0.29, 0.717) is 30.5 Å². The van der Waals surface area contributed by atoms with Crippen LogP contribution in [0.25, 0.3) is 11.0 Å². The zero-order valence-corrected chi connectivity index (χ0v) is 28.7. The van der Waals surface area contributed by atoms with Crippen LogP contribution in [0.2, 0.25) is 5.02 Å². The standard InChI is InChI=1S/C23H28ClN3O.C12H12BrNO2/c1-15(2)18(5)27-26-17(4)14-25-23(19-8-10-20(24)11-9-19)22-13-21(28-6)12-7-16(22)3;1-8(15)14-5-4-11-6-9-2-3-10(13)7-12(9)16-11/h7-13,15H,14H2,1-6H3;2-3,6-7H,4-5H2,1H3,(H,14,15)/b25-23?,26-17+,27-18-;. The number of benzene rings is 3. The molecule has 3 aromatic carbocycles. The first-order valence-corrected chi connectivity index (χ1v) is 15.6. The minimum Gasteiger partial charge on any atom is -0.497 e. The summed E-state index contributed by atoms with van der Waals surface area (Å²) >= 11 is 9.47. The van der Waals surface area contributed by atoms with Crippen molar-refractivity contribution in [2.45, 2.75) is 48.0 Å². The second-order valence-electron chi connectivity index (χ2n) is 10.7. The third-order valence-electron chi connectivity index (χ3n) is 6.78. The number of methoxy groups -OCH3 is 1. The van der Waals surface area contributed by atoms with Gasteiger partial charge < -0.3 is 14.5 Å². The van der Waals surface area contributed by atoms with Crippen LogP contribution in [0.3, 0.4) is 0 Å². The Morgan fingerprint density at radius 1 is 1.00 bits per heavy atom. The third kappa shape index (κ3) is 10.8. The molecule has 0 aliphatic heterocycles. The number of furan rings is 1. The Balaban J connectivity index is 0.000000278. The fourth-order valence-corrected chi connectivity index (χ4v) is 4.44. The van der Waals surface area contributed by atoms with Crippen LogP contribution in [0.4, 0.5) is 0 Å². The fraction of sp³-hybridized carbons (Fsp3) is 0.314. The molecule has 7 nitrogen and oxygen atoms in total. The molecule has 0 aliphatic rings. The van der Waals surface area contributed by atoms with Crippen LogP contribution in [0.1, 0.15) is 57.1 Å². The second-order valence-corrected chi connectivity index (χ2v) is 12.1. The molecule has 0 fully saturated rings. The summed E-state index contributed by atoms with van der Waals surface area (Å²) in [6.07, 6.45) is 0.714. The molecular weight excluding hydrogens is 640 g/mol. The Morgan fingerprint density at radius 2 is 1.73 bits per heavy atom. The van der Waals surface area contributed by atoms with Gasteiger partial charge in [-0.2, -0.15) is 10.2 Å². The van der Waals surface area contributed by atoms with Gasteiger partial charge in [-0.05, 0) is 80.8 Å². The molecule has 0 saturated heterocycles. The van der Waals surface area contributed by atoms with Crippen molar-refractivity contribution in [2.75, 3.05) is 20.2 Å². The van der Waals surface area contributed by atoms with E-state index < -0.39 is 0 Å². The van der Waals surface area contributed by atoms with Crippen molar-refractivity contribution in [3.8, 4) is 5.75 Å². The summed E-state index contributed by atoms with van der Waals surface area (Å²) in [5.74, 6) is 2.05. The third-order valence-corrected chi connectivity index (χ3v) is 7.52. The smallest absolute Gasteiger partial charge is 0.216 e. The van der Waals surface area contributed by atoms with Gasteiger partial charge in [-0.3, -0.25) is 9.79 Å². The van der Waals surface area contributed by atoms with E-state index in [1.807, 2.05) is 80.6 Å². The first-order valence-electron chi connectivity index (χ1n) is 14.4. The summed E-state index contributed by atoms with van der Waals surface area (Å²) in [6.45, 7) is 12.8. The molecule has 0 spiro atoms. The minimum atomic E-state index is -0.0149. The Bertz CT molecular complexity index is 1660. The lowest BCUT2D eigenvalue weighted by Crippen LogP contribution is -2.22. The van der Waals surface area contributed by atoms with Crippen molar-refractivity contribution >= 4 is 61.5 Å². The lowest BCUT2D eigenvalue weighted by Gasteiger charge is -2.12. The van der Waals surface area contributed by atoms with Crippen LogP contribution in [0.15, 0.2) is 90.8 Å². The molecule has 1 N–H and O–H groups in total. The zero-order valence-electron chi connectivity index (χ0n) is 26.4. The van der Waals surface area contributed by atoms with Crippen LogP contribution in [0, 0.1) is 12.8 Å². The van der Waals surface area contributed by atoms with Crippen molar-refractivity contribution in [2.24, 2.45) is 21.1 Å². The Labute approximate surface area is 273 Å². The molecule has 0 bridgehead atoms. The van der Waals surface area contributed by atoms with E-state index >= 15 is 0 Å². The number of nitrogens with one attached hydrogen (secondary N) is 1. The van der Waals surface area contributed by atoms with Crippen LogP contribution >= 0.6 is 27.5 Å². The number of rotatable bonds is 10. The van der Waals surface area contributed by atoms with Gasteiger partial charge in [0, 0.05) is 51.6 Å². The Kier molecular flexibility index (Phi) is 13.4. The van der Waals surface area contributed by atoms with Gasteiger partial charge in [-0.25, -0.2) is 0 Å². The van der Waals surface area contributed by atoms with E-state index in [4.69, 9.17) is 25.7 Å². The highest BCUT2D eigenvalue weighted by molar-refractivity contribution is 9.10. The number of aliphatic imine (C=N–C) groups is 1. The second kappa shape index (κ2) is 16.9. The summed E-state index contributed by atoms with van der Waals surface area (Å²) in [4.78, 5) is 15.6. The summed E-state index contributed by atoms with van der Waals surface area (Å²) in [7, 11) is 1.67. The first-order chi connectivity index (χ1) is 21.0. The van der Waals surface area contributed by atoms with E-state index in [2.05, 4.69) is 52.2 Å². The van der Waals surface area contributed by atoms with Gasteiger partial charge in [0.1, 0.15) is 17.1 Å². The van der Waals surface area contributed by atoms with Crippen molar-refractivity contribution in [1.82, 2.24) is 5.32 Å². The Morgan fingerprint density at radius 3 is 2.39 bits per heavy atom. The number of amides is 1. The summed E-state index contributed by atoms with van der Waals surface area (Å²) in [5.41, 5.74) is 6.75. The molecule has 0 saturated carbocycles. The number of halogens is 2. The lowest BCUT2D eigenvalue weighted by molar-refractivity contribution is -0.118. The lowest BCUT2D eigenvalue weighted by atomic mass is 9.97. The van der Waals surface area contributed by atoms with E-state index in [1.54, 1.807) is 7.11 Å². The molecule has 44 heavy (non-hydrogen) atoms. The van der Waals surface area contributed by atoms with Gasteiger partial charge in [0.2, 0.25) is 5.91 Å². The minimum absolute atomic E-state index is 0.0149. The highest BCUT2D eigenvalue weighted by Gasteiger charge is 2.12. The number of carbonyl (C=O) groups is 1. The number of hydrogen-bond acceptors (Lipinski definition) is 6. The molecular formula is C35H40BrClN4O3. The maximum atomic E-state index is 10.7. The predicted octanol–water partition coefficient (Wildman–Crippen LogP) is 8.86. The van der Waals surface area contributed by atoms with Crippen LogP contribution in [-0.4, -0.2) is 43.2 Å². The quantitative estimate of drug-likeness (QED) is 0.134. The maximum Gasteiger partial charge on any atom is 0.216 e. The predicted molar refractivity (Wildman–Crippen MR) is 187 cm³/mol. The van der Waals surface area contributed by atoms with Gasteiger partial charge in [-0.1, -0.05) is 59.6 Å². The van der Waals surface area contributed by atoms with Crippen molar-refractivity contribution in [3.05, 3.63) is 98.7 Å². The maximum absolute atomic E-state index is 10.7. The molecule has 232 valence electrons. The van der Waals surface area contributed by atoms with Crippen molar-refractivity contribution < 1.29 is 13.9 Å². The molecule has 1 amide bonds. The summed E-state index contributed by atoms with van der Waals surface area (Å²) < 4.78 is 12.1. The molecule has 0 radical (unpaired) electrons. The zero-order chi connectivity index (χ0) is 32.2. The number of hydrogen-bond donors (Lipinski definition) is 1. The van der Waals surface area contributed by atoms with Gasteiger partial charge in [0.15, 0.2) is 0 Å². The first kappa shape index (κ1) is 34.7. The van der Waals surface area contributed by atoms with E-state index in [-0.39, 0.29) is 5.91 Å². The highest BCUT2D eigenvalue weighted by Crippen LogP contribution is 2.24. The van der Waals surface area contributed by atoms with Crippen LogP contribution in [0.5, 0.6) is 5.75 Å². The molecule has 4 aromatic rings. The SMILES string of the molecule is CC(=O)NCCc1cc2ccc(Br)cc2o1.COc1ccc(C)c(C(=NC/C(C)=N/N=C(/C)C(C)C)c2ccc(Cl)cc2)c1. The fourth-order valence-electron chi connectivity index (χ4n) is 3.97.